The monoisotopic (exact) mass is 433 g/mol. The van der Waals surface area contributed by atoms with Gasteiger partial charge >= 0.3 is 0 Å². The first kappa shape index (κ1) is 22.6. The summed E-state index contributed by atoms with van der Waals surface area (Å²) in [5, 5.41) is 3.57. The molecule has 1 N–H and O–H groups in total. The number of morpholine rings is 1. The van der Waals surface area contributed by atoms with E-state index in [-0.39, 0.29) is 36.3 Å². The minimum atomic E-state index is -0.225. The summed E-state index contributed by atoms with van der Waals surface area (Å²) in [6.07, 6.45) is 5.54. The molecule has 2 amide bonds. The van der Waals surface area contributed by atoms with Crippen LogP contribution in [0.15, 0.2) is 30.0 Å². The third kappa shape index (κ3) is 5.76. The Balaban J connectivity index is 1.70. The Morgan fingerprint density at radius 1 is 1.30 bits per heavy atom. The first-order valence-electron chi connectivity index (χ1n) is 11.0. The number of carbonyl (C=O) groups is 2. The average molecular weight is 434 g/mol. The molecule has 0 spiro atoms. The number of hydrogen-bond acceptors (Lipinski definition) is 4. The van der Waals surface area contributed by atoms with Gasteiger partial charge in [-0.1, -0.05) is 44.0 Å². The minimum Gasteiger partial charge on any atom is -0.482 e. The van der Waals surface area contributed by atoms with Crippen LogP contribution in [-0.4, -0.2) is 66.5 Å². The van der Waals surface area contributed by atoms with E-state index in [9.17, 15) is 9.59 Å². The van der Waals surface area contributed by atoms with E-state index >= 15 is 0 Å². The minimum absolute atomic E-state index is 0.0451. The lowest BCUT2D eigenvalue weighted by Crippen LogP contribution is -2.57. The number of rotatable bonds is 8. The Hall–Kier alpha value is -2.05. The van der Waals surface area contributed by atoms with Crippen molar-refractivity contribution in [2.75, 3.05) is 32.7 Å². The van der Waals surface area contributed by atoms with Crippen LogP contribution in [0.4, 0.5) is 0 Å². The largest absolute Gasteiger partial charge is 0.482 e. The van der Waals surface area contributed by atoms with Crippen LogP contribution < -0.4 is 5.32 Å². The molecule has 0 radical (unpaired) electrons. The second kappa shape index (κ2) is 10.8. The van der Waals surface area contributed by atoms with Crippen molar-refractivity contribution in [1.29, 1.82) is 0 Å². The van der Waals surface area contributed by atoms with Crippen molar-refractivity contribution in [3.8, 4) is 0 Å². The lowest BCUT2D eigenvalue weighted by molar-refractivity contribution is -0.151. The Bertz CT molecular complexity index is 779. The summed E-state index contributed by atoms with van der Waals surface area (Å²) in [5.41, 5.74) is 0.809. The van der Waals surface area contributed by atoms with Crippen LogP contribution in [0.1, 0.15) is 45.1 Å². The second-order valence-corrected chi connectivity index (χ2v) is 8.32. The van der Waals surface area contributed by atoms with Crippen molar-refractivity contribution < 1.29 is 14.3 Å². The van der Waals surface area contributed by atoms with Crippen LogP contribution in [0.25, 0.3) is 6.08 Å². The summed E-state index contributed by atoms with van der Waals surface area (Å²) in [4.78, 5) is 29.7. The molecular formula is C23H32ClN3O3. The van der Waals surface area contributed by atoms with E-state index in [1.807, 2.05) is 12.1 Å². The highest BCUT2D eigenvalue weighted by molar-refractivity contribution is 6.30. The molecule has 2 fully saturated rings. The summed E-state index contributed by atoms with van der Waals surface area (Å²) in [6.45, 7) is 7.57. The molecule has 164 valence electrons. The normalized spacial score (nSPS) is 22.7. The number of benzene rings is 1. The number of fused-ring (bicyclic) bond motifs is 1. The van der Waals surface area contributed by atoms with Crippen LogP contribution in [-0.2, 0) is 14.3 Å². The molecule has 1 aromatic carbocycles. The third-order valence-electron chi connectivity index (χ3n) is 5.92. The van der Waals surface area contributed by atoms with Crippen LogP contribution in [0.5, 0.6) is 0 Å². The first-order chi connectivity index (χ1) is 14.5. The highest BCUT2D eigenvalue weighted by Gasteiger charge is 2.42. The molecule has 6 nitrogen and oxygen atoms in total. The summed E-state index contributed by atoms with van der Waals surface area (Å²) in [5.74, 6) is -0.0581. The zero-order valence-electron chi connectivity index (χ0n) is 17.9. The summed E-state index contributed by atoms with van der Waals surface area (Å²) < 4.78 is 6.09. The van der Waals surface area contributed by atoms with Crippen LogP contribution in [0.2, 0.25) is 5.02 Å². The molecule has 0 bridgehead atoms. The van der Waals surface area contributed by atoms with E-state index in [1.165, 1.54) is 0 Å². The van der Waals surface area contributed by atoms with Gasteiger partial charge in [-0.25, -0.2) is 0 Å². The molecule has 2 unspecified atom stereocenters. The maximum Gasteiger partial charge on any atom is 0.289 e. The predicted molar refractivity (Wildman–Crippen MR) is 119 cm³/mol. The maximum atomic E-state index is 13.2. The SMILES string of the molecule is CCN(CC)CCNC(=O)CN1C(=O)/C(=C\c2cccc(Cl)c2)OC2CCCCC21. The number of likely N-dealkylation sites (N-methyl/N-ethyl adjacent to an activating group) is 1. The Morgan fingerprint density at radius 2 is 2.07 bits per heavy atom. The van der Waals surface area contributed by atoms with E-state index in [4.69, 9.17) is 16.3 Å². The van der Waals surface area contributed by atoms with Gasteiger partial charge in [-0.05, 0) is 56.1 Å². The molecule has 1 heterocycles. The Kier molecular flexibility index (Phi) is 8.16. The highest BCUT2D eigenvalue weighted by atomic mass is 35.5. The summed E-state index contributed by atoms with van der Waals surface area (Å²) in [6, 6.07) is 7.26. The van der Waals surface area contributed by atoms with Gasteiger partial charge in [0.05, 0.1) is 6.04 Å². The lowest BCUT2D eigenvalue weighted by atomic mass is 9.89. The fourth-order valence-corrected chi connectivity index (χ4v) is 4.41. The number of amides is 2. The number of carbonyl (C=O) groups excluding carboxylic acids is 2. The van der Waals surface area contributed by atoms with E-state index in [0.29, 0.717) is 11.6 Å². The molecule has 1 aliphatic heterocycles. The molecule has 2 atom stereocenters. The fraction of sp³-hybridized carbons (Fsp3) is 0.565. The number of hydrogen-bond donors (Lipinski definition) is 1. The smallest absolute Gasteiger partial charge is 0.289 e. The Morgan fingerprint density at radius 3 is 2.80 bits per heavy atom. The standard InChI is InChI=1S/C23H32ClN3O3/c1-3-26(4-2)13-12-25-22(28)16-27-19-10-5-6-11-20(19)30-21(23(27)29)15-17-8-7-9-18(24)14-17/h7-9,14-15,19-20H,3-6,10-13,16H2,1-2H3,(H,25,28)/b21-15+. The zero-order chi connectivity index (χ0) is 21.5. The van der Waals surface area contributed by atoms with E-state index in [1.54, 1.807) is 23.1 Å². The lowest BCUT2D eigenvalue weighted by Gasteiger charge is -2.44. The van der Waals surface area contributed by atoms with Crippen LogP contribution in [0, 0.1) is 0 Å². The number of ether oxygens (including phenoxy) is 1. The number of nitrogens with one attached hydrogen (secondary N) is 1. The van der Waals surface area contributed by atoms with Crippen LogP contribution in [0.3, 0.4) is 0 Å². The first-order valence-corrected chi connectivity index (χ1v) is 11.3. The van der Waals surface area contributed by atoms with Crippen LogP contribution >= 0.6 is 11.6 Å². The molecule has 1 aliphatic carbocycles. The van der Waals surface area contributed by atoms with E-state index < -0.39 is 0 Å². The molecule has 2 aliphatic rings. The van der Waals surface area contributed by atoms with Gasteiger partial charge in [-0.3, -0.25) is 9.59 Å². The summed E-state index contributed by atoms with van der Waals surface area (Å²) in [7, 11) is 0. The average Bonchev–Trinajstić information content (AvgIpc) is 2.74. The van der Waals surface area contributed by atoms with Crippen molar-refractivity contribution in [1.82, 2.24) is 15.1 Å². The van der Waals surface area contributed by atoms with Gasteiger partial charge in [0.15, 0.2) is 5.76 Å². The van der Waals surface area contributed by atoms with Crippen molar-refractivity contribution in [3.05, 3.63) is 40.6 Å². The molecule has 1 aromatic rings. The van der Waals surface area contributed by atoms with Gasteiger partial charge in [-0.15, -0.1) is 0 Å². The number of nitrogens with zero attached hydrogens (tertiary/aromatic N) is 2. The molecule has 1 saturated carbocycles. The van der Waals surface area contributed by atoms with Gasteiger partial charge in [0.1, 0.15) is 12.6 Å². The molecule has 7 heteroatoms. The van der Waals surface area contributed by atoms with Gasteiger partial charge in [-0.2, -0.15) is 0 Å². The number of halogens is 1. The van der Waals surface area contributed by atoms with Gasteiger partial charge in [0.2, 0.25) is 5.91 Å². The highest BCUT2D eigenvalue weighted by Crippen LogP contribution is 2.33. The molecule has 3 rings (SSSR count). The molecule has 0 aromatic heterocycles. The van der Waals surface area contributed by atoms with Gasteiger partial charge < -0.3 is 19.9 Å². The van der Waals surface area contributed by atoms with Gasteiger partial charge in [0, 0.05) is 18.1 Å². The quantitative estimate of drug-likeness (QED) is 0.639. The maximum absolute atomic E-state index is 13.2. The van der Waals surface area contributed by atoms with E-state index in [2.05, 4.69) is 24.1 Å². The van der Waals surface area contributed by atoms with Crippen molar-refractivity contribution >= 4 is 29.5 Å². The summed E-state index contributed by atoms with van der Waals surface area (Å²) >= 11 is 6.08. The third-order valence-corrected chi connectivity index (χ3v) is 6.16. The predicted octanol–water partition coefficient (Wildman–Crippen LogP) is 3.31. The molecule has 30 heavy (non-hydrogen) atoms. The van der Waals surface area contributed by atoms with Crippen molar-refractivity contribution in [2.24, 2.45) is 0 Å². The van der Waals surface area contributed by atoms with Gasteiger partial charge in [0.25, 0.3) is 5.91 Å². The fourth-order valence-electron chi connectivity index (χ4n) is 4.21. The van der Waals surface area contributed by atoms with Crippen molar-refractivity contribution in [2.45, 2.75) is 51.7 Å². The molecular weight excluding hydrogens is 402 g/mol. The topological polar surface area (TPSA) is 61.9 Å². The zero-order valence-corrected chi connectivity index (χ0v) is 18.7. The van der Waals surface area contributed by atoms with E-state index in [0.717, 1.165) is 50.9 Å². The van der Waals surface area contributed by atoms with Crippen molar-refractivity contribution in [3.63, 3.8) is 0 Å². The second-order valence-electron chi connectivity index (χ2n) is 7.88. The Labute approximate surface area is 184 Å². The molecule has 1 saturated heterocycles.